The summed E-state index contributed by atoms with van der Waals surface area (Å²) in [5.74, 6) is -0.190. The first-order valence-corrected chi connectivity index (χ1v) is 5.78. The van der Waals surface area contributed by atoms with Gasteiger partial charge in [0, 0.05) is 18.9 Å². The molecule has 0 radical (unpaired) electrons. The Balaban J connectivity index is 1.91. The summed E-state index contributed by atoms with van der Waals surface area (Å²) >= 11 is 0. The molecule has 1 amide bonds. The van der Waals surface area contributed by atoms with Crippen LogP contribution in [-0.2, 0) is 7.05 Å². The molecule has 2 heterocycles. The second-order valence-corrected chi connectivity index (χ2v) is 4.30. The molecule has 2 aromatic heterocycles. The van der Waals surface area contributed by atoms with Crippen LogP contribution in [0.4, 0.5) is 5.69 Å². The number of aromatic amines is 2. The zero-order chi connectivity index (χ0) is 13.4. The number of fused-ring (bicyclic) bond motifs is 1. The Bertz CT molecular complexity index is 809. The number of hydrogen-bond donors (Lipinski definition) is 3. The lowest BCUT2D eigenvalue weighted by atomic mass is 10.2. The minimum Gasteiger partial charge on any atom is -0.347 e. The molecule has 19 heavy (non-hydrogen) atoms. The Hall–Kier alpha value is -2.76. The average molecular weight is 256 g/mol. The van der Waals surface area contributed by atoms with Crippen molar-refractivity contribution in [2.75, 3.05) is 5.32 Å². The van der Waals surface area contributed by atoms with Gasteiger partial charge in [-0.15, -0.1) is 0 Å². The standard InChI is InChI=1S/C13H12N4O2/c1-17-6-2-3-11(17)12(18)14-8-4-5-9-10(7-8)16-13(19)15-9/h2-7H,1H3,(H,14,18)(H2,15,16,19). The SMILES string of the molecule is Cn1cccc1C(=O)Nc1ccc2[nH]c(=O)[nH]c2c1. The third-order valence-corrected chi connectivity index (χ3v) is 2.95. The van der Waals surface area contributed by atoms with Crippen LogP contribution >= 0.6 is 0 Å². The predicted octanol–water partition coefficient (Wildman–Crippen LogP) is 1.45. The van der Waals surface area contributed by atoms with Crippen LogP contribution in [0, 0.1) is 0 Å². The first kappa shape index (κ1) is 11.3. The van der Waals surface area contributed by atoms with E-state index in [1.807, 2.05) is 19.3 Å². The molecule has 6 nitrogen and oxygen atoms in total. The molecule has 3 N–H and O–H groups in total. The first-order valence-electron chi connectivity index (χ1n) is 5.78. The van der Waals surface area contributed by atoms with E-state index in [2.05, 4.69) is 15.3 Å². The molecule has 0 atom stereocenters. The van der Waals surface area contributed by atoms with E-state index in [0.29, 0.717) is 22.4 Å². The van der Waals surface area contributed by atoms with Crippen LogP contribution in [0.3, 0.4) is 0 Å². The molecule has 3 rings (SSSR count). The molecule has 6 heteroatoms. The highest BCUT2D eigenvalue weighted by Crippen LogP contribution is 2.15. The summed E-state index contributed by atoms with van der Waals surface area (Å²) in [5, 5.41) is 2.79. The fraction of sp³-hybridized carbons (Fsp3) is 0.0769. The molecule has 0 bridgehead atoms. The van der Waals surface area contributed by atoms with E-state index >= 15 is 0 Å². The monoisotopic (exact) mass is 256 g/mol. The van der Waals surface area contributed by atoms with Crippen molar-refractivity contribution in [3.8, 4) is 0 Å². The lowest BCUT2D eigenvalue weighted by molar-refractivity contribution is 0.101. The van der Waals surface area contributed by atoms with E-state index in [4.69, 9.17) is 0 Å². The minimum atomic E-state index is -0.263. The number of amides is 1. The lowest BCUT2D eigenvalue weighted by Crippen LogP contribution is -2.15. The van der Waals surface area contributed by atoms with Gasteiger partial charge in [0.15, 0.2) is 0 Å². The fourth-order valence-electron chi connectivity index (χ4n) is 2.00. The quantitative estimate of drug-likeness (QED) is 0.648. The average Bonchev–Trinajstić information content (AvgIpc) is 2.93. The number of carbonyl (C=O) groups excluding carboxylic acids is 1. The largest absolute Gasteiger partial charge is 0.347 e. The number of aromatic nitrogens is 3. The van der Waals surface area contributed by atoms with Gasteiger partial charge in [0.25, 0.3) is 5.91 Å². The molecule has 3 aromatic rings. The van der Waals surface area contributed by atoms with Crippen LogP contribution < -0.4 is 11.0 Å². The maximum Gasteiger partial charge on any atom is 0.323 e. The maximum atomic E-state index is 12.0. The number of benzene rings is 1. The van der Waals surface area contributed by atoms with Gasteiger partial charge in [-0.1, -0.05) is 0 Å². The highest BCUT2D eigenvalue weighted by atomic mass is 16.2. The number of imidazole rings is 1. The Morgan fingerprint density at radius 1 is 1.21 bits per heavy atom. The van der Waals surface area contributed by atoms with Crippen LogP contribution in [0.15, 0.2) is 41.3 Å². The van der Waals surface area contributed by atoms with Crippen molar-refractivity contribution in [2.45, 2.75) is 0 Å². The number of rotatable bonds is 2. The van der Waals surface area contributed by atoms with Gasteiger partial charge >= 0.3 is 5.69 Å². The van der Waals surface area contributed by atoms with Gasteiger partial charge in [0.1, 0.15) is 5.69 Å². The van der Waals surface area contributed by atoms with Gasteiger partial charge in [-0.25, -0.2) is 4.79 Å². The van der Waals surface area contributed by atoms with Crippen LogP contribution in [-0.4, -0.2) is 20.4 Å². The molecule has 0 unspecified atom stereocenters. The van der Waals surface area contributed by atoms with E-state index in [9.17, 15) is 9.59 Å². The van der Waals surface area contributed by atoms with E-state index in [1.54, 1.807) is 28.8 Å². The van der Waals surface area contributed by atoms with Crippen LogP contribution in [0.25, 0.3) is 11.0 Å². The number of carbonyl (C=O) groups is 1. The summed E-state index contributed by atoms with van der Waals surface area (Å²) in [6, 6.07) is 8.75. The molecule has 0 aliphatic rings. The topological polar surface area (TPSA) is 82.7 Å². The smallest absolute Gasteiger partial charge is 0.323 e. The summed E-state index contributed by atoms with van der Waals surface area (Å²) in [5.41, 5.74) is 2.31. The zero-order valence-electron chi connectivity index (χ0n) is 10.2. The molecule has 0 spiro atoms. The van der Waals surface area contributed by atoms with E-state index in [-0.39, 0.29) is 11.6 Å². The summed E-state index contributed by atoms with van der Waals surface area (Å²) in [6.45, 7) is 0. The number of anilines is 1. The van der Waals surface area contributed by atoms with Gasteiger partial charge in [0.2, 0.25) is 0 Å². The predicted molar refractivity (Wildman–Crippen MR) is 72.3 cm³/mol. The van der Waals surface area contributed by atoms with E-state index in [0.717, 1.165) is 0 Å². The van der Waals surface area contributed by atoms with Gasteiger partial charge in [0.05, 0.1) is 11.0 Å². The van der Waals surface area contributed by atoms with Gasteiger partial charge in [-0.2, -0.15) is 0 Å². The van der Waals surface area contributed by atoms with Crippen molar-refractivity contribution < 1.29 is 4.79 Å². The Labute approximate surface area is 108 Å². The normalized spacial score (nSPS) is 10.8. The van der Waals surface area contributed by atoms with Gasteiger partial charge in [-0.3, -0.25) is 4.79 Å². The van der Waals surface area contributed by atoms with Crippen LogP contribution in [0.5, 0.6) is 0 Å². The number of nitrogens with one attached hydrogen (secondary N) is 3. The van der Waals surface area contributed by atoms with Gasteiger partial charge in [-0.05, 0) is 30.3 Å². The van der Waals surface area contributed by atoms with Gasteiger partial charge < -0.3 is 19.9 Å². The first-order chi connectivity index (χ1) is 9.13. The third kappa shape index (κ3) is 2.03. The second kappa shape index (κ2) is 4.16. The Kier molecular flexibility index (Phi) is 2.49. The van der Waals surface area contributed by atoms with Crippen molar-refractivity contribution in [1.82, 2.24) is 14.5 Å². The maximum absolute atomic E-state index is 12.0. The molecule has 96 valence electrons. The molecule has 0 saturated heterocycles. The molecular weight excluding hydrogens is 244 g/mol. The molecule has 0 aliphatic heterocycles. The second-order valence-electron chi connectivity index (χ2n) is 4.30. The summed E-state index contributed by atoms with van der Waals surface area (Å²) in [4.78, 5) is 28.5. The van der Waals surface area contributed by atoms with Crippen molar-refractivity contribution in [2.24, 2.45) is 7.05 Å². The van der Waals surface area contributed by atoms with E-state index in [1.165, 1.54) is 0 Å². The number of nitrogens with zero attached hydrogens (tertiary/aromatic N) is 1. The molecule has 0 aliphatic carbocycles. The lowest BCUT2D eigenvalue weighted by Gasteiger charge is -2.06. The zero-order valence-corrected chi connectivity index (χ0v) is 10.2. The van der Waals surface area contributed by atoms with Crippen LogP contribution in [0.1, 0.15) is 10.5 Å². The number of hydrogen-bond acceptors (Lipinski definition) is 2. The van der Waals surface area contributed by atoms with Crippen molar-refractivity contribution in [3.05, 3.63) is 52.7 Å². The molecular formula is C13H12N4O2. The van der Waals surface area contributed by atoms with Crippen molar-refractivity contribution >= 4 is 22.6 Å². The molecule has 1 aromatic carbocycles. The highest BCUT2D eigenvalue weighted by molar-refractivity contribution is 6.03. The summed E-state index contributed by atoms with van der Waals surface area (Å²) in [6.07, 6.45) is 1.81. The van der Waals surface area contributed by atoms with Crippen LogP contribution in [0.2, 0.25) is 0 Å². The molecule has 0 saturated carbocycles. The molecule has 0 fully saturated rings. The summed E-state index contributed by atoms with van der Waals surface area (Å²) in [7, 11) is 1.81. The van der Waals surface area contributed by atoms with Crippen molar-refractivity contribution in [3.63, 3.8) is 0 Å². The van der Waals surface area contributed by atoms with E-state index < -0.39 is 0 Å². The fourth-order valence-corrected chi connectivity index (χ4v) is 2.00. The third-order valence-electron chi connectivity index (χ3n) is 2.95. The Morgan fingerprint density at radius 2 is 2.00 bits per heavy atom. The summed E-state index contributed by atoms with van der Waals surface area (Å²) < 4.78 is 1.74. The number of H-pyrrole nitrogens is 2. The Morgan fingerprint density at radius 3 is 2.74 bits per heavy atom. The highest BCUT2D eigenvalue weighted by Gasteiger charge is 2.09. The van der Waals surface area contributed by atoms with Crippen molar-refractivity contribution in [1.29, 1.82) is 0 Å². The minimum absolute atomic E-state index is 0.190. The number of aryl methyl sites for hydroxylation is 1.